The van der Waals surface area contributed by atoms with Gasteiger partial charge < -0.3 is 14.6 Å². The third-order valence-corrected chi connectivity index (χ3v) is 5.42. The Hall–Kier alpha value is -3.34. The SMILES string of the molecule is COc1cccc([C@H]2C[C@@H](c3ccc(F)cc3)Nc3nc4ccccc4n32)c1. The summed E-state index contributed by atoms with van der Waals surface area (Å²) in [6.45, 7) is 0. The van der Waals surface area contributed by atoms with Crippen LogP contribution in [0.1, 0.15) is 29.6 Å². The van der Waals surface area contributed by atoms with Gasteiger partial charge in [0.15, 0.2) is 0 Å². The Labute approximate surface area is 162 Å². The van der Waals surface area contributed by atoms with Crippen molar-refractivity contribution in [1.29, 1.82) is 0 Å². The molecule has 140 valence electrons. The molecule has 1 aliphatic rings. The van der Waals surface area contributed by atoms with E-state index in [0.29, 0.717) is 0 Å². The molecule has 0 amide bonds. The van der Waals surface area contributed by atoms with E-state index in [1.807, 2.05) is 42.5 Å². The number of hydrogen-bond donors (Lipinski definition) is 1. The Bertz CT molecular complexity index is 1140. The molecule has 28 heavy (non-hydrogen) atoms. The third kappa shape index (κ3) is 2.80. The van der Waals surface area contributed by atoms with Gasteiger partial charge in [-0.15, -0.1) is 0 Å². The molecule has 0 saturated carbocycles. The van der Waals surface area contributed by atoms with Gasteiger partial charge in [-0.1, -0.05) is 36.4 Å². The molecule has 4 nitrogen and oxygen atoms in total. The molecule has 0 radical (unpaired) electrons. The van der Waals surface area contributed by atoms with Gasteiger partial charge in [0.05, 0.1) is 30.2 Å². The summed E-state index contributed by atoms with van der Waals surface area (Å²) in [5.74, 6) is 1.44. The highest BCUT2D eigenvalue weighted by atomic mass is 19.1. The quantitative estimate of drug-likeness (QED) is 0.527. The first-order chi connectivity index (χ1) is 13.7. The fourth-order valence-corrected chi connectivity index (χ4v) is 4.05. The minimum atomic E-state index is -0.226. The normalized spacial score (nSPS) is 18.5. The minimum absolute atomic E-state index is 0.0427. The van der Waals surface area contributed by atoms with Crippen LogP contribution in [-0.2, 0) is 0 Å². The number of hydrogen-bond acceptors (Lipinski definition) is 3. The van der Waals surface area contributed by atoms with E-state index in [-0.39, 0.29) is 17.9 Å². The van der Waals surface area contributed by atoms with Crippen LogP contribution >= 0.6 is 0 Å². The lowest BCUT2D eigenvalue weighted by atomic mass is 9.92. The van der Waals surface area contributed by atoms with Crippen LogP contribution in [-0.4, -0.2) is 16.7 Å². The smallest absolute Gasteiger partial charge is 0.204 e. The highest BCUT2D eigenvalue weighted by Crippen LogP contribution is 2.41. The maximum absolute atomic E-state index is 13.4. The van der Waals surface area contributed by atoms with E-state index in [1.165, 1.54) is 12.1 Å². The molecule has 0 unspecified atom stereocenters. The lowest BCUT2D eigenvalue weighted by molar-refractivity contribution is 0.411. The Morgan fingerprint density at radius 3 is 2.64 bits per heavy atom. The number of rotatable bonds is 3. The lowest BCUT2D eigenvalue weighted by Crippen LogP contribution is -2.27. The van der Waals surface area contributed by atoms with Gasteiger partial charge in [-0.25, -0.2) is 9.37 Å². The van der Waals surface area contributed by atoms with Crippen molar-refractivity contribution in [2.24, 2.45) is 0 Å². The van der Waals surface area contributed by atoms with Crippen molar-refractivity contribution >= 4 is 17.0 Å². The van der Waals surface area contributed by atoms with Gasteiger partial charge in [0, 0.05) is 0 Å². The predicted octanol–water partition coefficient (Wildman–Crippen LogP) is 5.33. The number of nitrogens with one attached hydrogen (secondary N) is 1. The molecule has 5 rings (SSSR count). The molecule has 1 aliphatic heterocycles. The topological polar surface area (TPSA) is 39.1 Å². The number of ether oxygens (including phenoxy) is 1. The number of aromatic nitrogens is 2. The molecule has 3 aromatic carbocycles. The summed E-state index contributed by atoms with van der Waals surface area (Å²) in [7, 11) is 1.68. The van der Waals surface area contributed by atoms with Crippen molar-refractivity contribution in [2.75, 3.05) is 12.4 Å². The summed E-state index contributed by atoms with van der Waals surface area (Å²) >= 11 is 0. The molecule has 0 spiro atoms. The molecular weight excluding hydrogens is 353 g/mol. The summed E-state index contributed by atoms with van der Waals surface area (Å²) in [4.78, 5) is 4.81. The Morgan fingerprint density at radius 1 is 1.00 bits per heavy atom. The number of fused-ring (bicyclic) bond motifs is 3. The van der Waals surface area contributed by atoms with Gasteiger partial charge >= 0.3 is 0 Å². The van der Waals surface area contributed by atoms with Crippen LogP contribution in [0.25, 0.3) is 11.0 Å². The number of methoxy groups -OCH3 is 1. The number of benzene rings is 3. The second kappa shape index (κ2) is 6.68. The van der Waals surface area contributed by atoms with Crippen LogP contribution in [0.15, 0.2) is 72.8 Å². The monoisotopic (exact) mass is 373 g/mol. The molecule has 1 N–H and O–H groups in total. The molecule has 0 aliphatic carbocycles. The van der Waals surface area contributed by atoms with E-state index in [9.17, 15) is 4.39 Å². The van der Waals surface area contributed by atoms with Gasteiger partial charge in [0.25, 0.3) is 0 Å². The average molecular weight is 373 g/mol. The van der Waals surface area contributed by atoms with Gasteiger partial charge in [0.2, 0.25) is 5.95 Å². The number of anilines is 1. The first-order valence-corrected chi connectivity index (χ1v) is 9.36. The Kier molecular flexibility index (Phi) is 4.01. The van der Waals surface area contributed by atoms with E-state index in [1.54, 1.807) is 7.11 Å². The zero-order valence-corrected chi connectivity index (χ0v) is 15.5. The van der Waals surface area contributed by atoms with Gasteiger partial charge in [-0.2, -0.15) is 0 Å². The highest BCUT2D eigenvalue weighted by molar-refractivity contribution is 5.79. The first kappa shape index (κ1) is 16.8. The Balaban J connectivity index is 1.66. The number of halogens is 1. The van der Waals surface area contributed by atoms with E-state index >= 15 is 0 Å². The molecular formula is C23H20FN3O. The standard InChI is InChI=1S/C23H20FN3O/c1-28-18-6-4-5-16(13-18)22-14-20(15-9-11-17(24)12-10-15)26-23-25-19-7-2-3-8-21(19)27(22)23/h2-13,20,22H,14H2,1H3,(H,25,26)/t20-,22+/m0/s1. The minimum Gasteiger partial charge on any atom is -0.497 e. The zero-order valence-electron chi connectivity index (χ0n) is 15.5. The summed E-state index contributed by atoms with van der Waals surface area (Å²) in [5, 5.41) is 3.55. The van der Waals surface area contributed by atoms with Gasteiger partial charge in [-0.05, 0) is 53.9 Å². The largest absolute Gasteiger partial charge is 0.497 e. The van der Waals surface area contributed by atoms with Crippen LogP contribution in [0.2, 0.25) is 0 Å². The van der Waals surface area contributed by atoms with Crippen LogP contribution in [0, 0.1) is 5.82 Å². The summed E-state index contributed by atoms with van der Waals surface area (Å²) in [5.41, 5.74) is 4.26. The first-order valence-electron chi connectivity index (χ1n) is 9.36. The molecule has 0 saturated heterocycles. The number of nitrogens with zero attached hydrogens (tertiary/aromatic N) is 2. The average Bonchev–Trinajstić information content (AvgIpc) is 3.12. The van der Waals surface area contributed by atoms with Crippen LogP contribution < -0.4 is 10.1 Å². The van der Waals surface area contributed by atoms with Gasteiger partial charge in [-0.3, -0.25) is 0 Å². The van der Waals surface area contributed by atoms with Crippen LogP contribution in [0.4, 0.5) is 10.3 Å². The second-order valence-electron chi connectivity index (χ2n) is 7.07. The summed E-state index contributed by atoms with van der Waals surface area (Å²) in [6.07, 6.45) is 0.826. The molecule has 5 heteroatoms. The van der Waals surface area contributed by atoms with Gasteiger partial charge in [0.1, 0.15) is 11.6 Å². The fraction of sp³-hybridized carbons (Fsp3) is 0.174. The predicted molar refractivity (Wildman–Crippen MR) is 108 cm³/mol. The maximum atomic E-state index is 13.4. The summed E-state index contributed by atoms with van der Waals surface area (Å²) in [6, 6.07) is 23.2. The number of imidazole rings is 1. The van der Waals surface area contributed by atoms with Crippen molar-refractivity contribution in [3.05, 3.63) is 89.7 Å². The van der Waals surface area contributed by atoms with Crippen LogP contribution in [0.5, 0.6) is 5.75 Å². The fourth-order valence-electron chi connectivity index (χ4n) is 4.05. The van der Waals surface area contributed by atoms with E-state index in [4.69, 9.17) is 9.72 Å². The molecule has 4 aromatic rings. The molecule has 1 aromatic heterocycles. The van der Waals surface area contributed by atoms with E-state index in [2.05, 4.69) is 28.1 Å². The van der Waals surface area contributed by atoms with Crippen molar-refractivity contribution in [3.8, 4) is 5.75 Å². The molecule has 2 atom stereocenters. The van der Waals surface area contributed by atoms with E-state index < -0.39 is 0 Å². The van der Waals surface area contributed by atoms with Crippen molar-refractivity contribution in [2.45, 2.75) is 18.5 Å². The molecule has 0 bridgehead atoms. The molecule has 2 heterocycles. The van der Waals surface area contributed by atoms with E-state index in [0.717, 1.165) is 40.3 Å². The molecule has 0 fully saturated rings. The highest BCUT2D eigenvalue weighted by Gasteiger charge is 2.31. The maximum Gasteiger partial charge on any atom is 0.204 e. The van der Waals surface area contributed by atoms with Crippen molar-refractivity contribution in [1.82, 2.24) is 9.55 Å². The Morgan fingerprint density at radius 2 is 1.82 bits per heavy atom. The second-order valence-corrected chi connectivity index (χ2v) is 7.07. The lowest BCUT2D eigenvalue weighted by Gasteiger charge is -2.33. The van der Waals surface area contributed by atoms with Crippen LogP contribution in [0.3, 0.4) is 0 Å². The third-order valence-electron chi connectivity index (χ3n) is 5.42. The number of para-hydroxylation sites is 2. The zero-order chi connectivity index (χ0) is 19.1. The summed E-state index contributed by atoms with van der Waals surface area (Å²) < 4.78 is 21.1. The van der Waals surface area contributed by atoms with Crippen molar-refractivity contribution in [3.63, 3.8) is 0 Å². The van der Waals surface area contributed by atoms with Crippen molar-refractivity contribution < 1.29 is 9.13 Å².